The Kier molecular flexibility index (Phi) is 3.86. The van der Waals surface area contributed by atoms with Crippen LogP contribution in [-0.4, -0.2) is 36.0 Å². The summed E-state index contributed by atoms with van der Waals surface area (Å²) in [4.78, 5) is 0.377. The zero-order valence-electron chi connectivity index (χ0n) is 13.0. The molecule has 1 N–H and O–H groups in total. The van der Waals surface area contributed by atoms with Crippen molar-refractivity contribution in [2.45, 2.75) is 63.7 Å². The third kappa shape index (κ3) is 2.63. The zero-order chi connectivity index (χ0) is 15.1. The molecule has 1 saturated carbocycles. The van der Waals surface area contributed by atoms with Crippen LogP contribution in [0.25, 0.3) is 0 Å². The second-order valence-corrected chi connectivity index (χ2v) is 8.60. The molecule has 2 fully saturated rings. The van der Waals surface area contributed by atoms with E-state index in [0.29, 0.717) is 34.8 Å². The van der Waals surface area contributed by atoms with Gasteiger partial charge in [-0.1, -0.05) is 19.3 Å². The Balaban J connectivity index is 1.77. The zero-order valence-corrected chi connectivity index (χ0v) is 13.8. The molecule has 1 spiro atoms. The summed E-state index contributed by atoms with van der Waals surface area (Å²) in [6, 6.07) is 0. The molecular formula is C15H25N3O2S. The van der Waals surface area contributed by atoms with Gasteiger partial charge in [0.2, 0.25) is 10.0 Å². The smallest absolute Gasteiger partial charge is 0.246 e. The molecule has 0 aromatic carbocycles. The van der Waals surface area contributed by atoms with Gasteiger partial charge in [0.1, 0.15) is 4.90 Å². The highest BCUT2D eigenvalue weighted by Crippen LogP contribution is 2.45. The van der Waals surface area contributed by atoms with E-state index in [0.717, 1.165) is 12.8 Å². The number of H-pyrrole nitrogens is 1. The SMILES string of the molecule is Cc1n[nH]c(C)c1S(=O)(=O)N1CCC2(CCCCC2)CC1. The predicted molar refractivity (Wildman–Crippen MR) is 81.6 cm³/mol. The van der Waals surface area contributed by atoms with E-state index in [2.05, 4.69) is 10.2 Å². The molecule has 118 valence electrons. The van der Waals surface area contributed by atoms with Crippen LogP contribution in [0.3, 0.4) is 0 Å². The molecule has 1 saturated heterocycles. The first-order valence-corrected chi connectivity index (χ1v) is 9.40. The Bertz CT molecular complexity index is 585. The van der Waals surface area contributed by atoms with Crippen LogP contribution >= 0.6 is 0 Å². The molecule has 1 aliphatic carbocycles. The molecule has 0 bridgehead atoms. The van der Waals surface area contributed by atoms with Gasteiger partial charge in [-0.15, -0.1) is 0 Å². The molecule has 0 amide bonds. The monoisotopic (exact) mass is 311 g/mol. The minimum absolute atomic E-state index is 0.377. The molecule has 5 nitrogen and oxygen atoms in total. The molecule has 2 aliphatic rings. The molecule has 3 rings (SSSR count). The van der Waals surface area contributed by atoms with Crippen molar-refractivity contribution in [2.75, 3.05) is 13.1 Å². The highest BCUT2D eigenvalue weighted by molar-refractivity contribution is 7.89. The molecule has 1 aromatic rings. The predicted octanol–water partition coefficient (Wildman–Crippen LogP) is 2.76. The second-order valence-electron chi connectivity index (χ2n) is 6.73. The normalized spacial score (nSPS) is 23.5. The molecule has 2 heterocycles. The van der Waals surface area contributed by atoms with Crippen molar-refractivity contribution >= 4 is 10.0 Å². The summed E-state index contributed by atoms with van der Waals surface area (Å²) in [6.45, 7) is 4.85. The van der Waals surface area contributed by atoms with E-state index >= 15 is 0 Å². The number of nitrogens with zero attached hydrogens (tertiary/aromatic N) is 2. The Morgan fingerprint density at radius 1 is 1.05 bits per heavy atom. The van der Waals surface area contributed by atoms with Gasteiger partial charge in [-0.3, -0.25) is 5.10 Å². The lowest BCUT2D eigenvalue weighted by molar-refractivity contribution is 0.102. The van der Waals surface area contributed by atoms with E-state index in [1.54, 1.807) is 18.2 Å². The fourth-order valence-electron chi connectivity index (χ4n) is 4.05. The molecule has 6 heteroatoms. The second kappa shape index (κ2) is 5.39. The van der Waals surface area contributed by atoms with Crippen LogP contribution in [-0.2, 0) is 10.0 Å². The number of aryl methyl sites for hydroxylation is 2. The van der Waals surface area contributed by atoms with Crippen molar-refractivity contribution in [3.63, 3.8) is 0 Å². The van der Waals surface area contributed by atoms with Crippen molar-refractivity contribution in [3.8, 4) is 0 Å². The number of nitrogens with one attached hydrogen (secondary N) is 1. The average molecular weight is 311 g/mol. The van der Waals surface area contributed by atoms with E-state index in [1.165, 1.54) is 32.1 Å². The average Bonchev–Trinajstić information content (AvgIpc) is 2.80. The first-order valence-electron chi connectivity index (χ1n) is 7.96. The number of rotatable bonds is 2. The van der Waals surface area contributed by atoms with Crippen LogP contribution in [0, 0.1) is 19.3 Å². The maximum Gasteiger partial charge on any atom is 0.246 e. The van der Waals surface area contributed by atoms with E-state index < -0.39 is 10.0 Å². The summed E-state index contributed by atoms with van der Waals surface area (Å²) in [7, 11) is -3.40. The standard InChI is InChI=1S/C15H25N3O2S/c1-12-14(13(2)17-16-12)21(19,20)18-10-8-15(9-11-18)6-4-3-5-7-15/h3-11H2,1-2H3,(H,16,17). The quantitative estimate of drug-likeness (QED) is 0.913. The fraction of sp³-hybridized carbons (Fsp3) is 0.800. The Hall–Kier alpha value is -0.880. The van der Waals surface area contributed by atoms with Crippen LogP contribution < -0.4 is 0 Å². The van der Waals surface area contributed by atoms with Crippen molar-refractivity contribution in [1.29, 1.82) is 0 Å². The summed E-state index contributed by atoms with van der Waals surface area (Å²) < 4.78 is 27.3. The first-order chi connectivity index (χ1) is 9.95. The molecule has 21 heavy (non-hydrogen) atoms. The number of hydrogen-bond acceptors (Lipinski definition) is 3. The third-order valence-electron chi connectivity index (χ3n) is 5.36. The highest BCUT2D eigenvalue weighted by atomic mass is 32.2. The van der Waals surface area contributed by atoms with E-state index in [9.17, 15) is 8.42 Å². The number of piperidine rings is 1. The van der Waals surface area contributed by atoms with Gasteiger partial charge < -0.3 is 0 Å². The third-order valence-corrected chi connectivity index (χ3v) is 7.52. The highest BCUT2D eigenvalue weighted by Gasteiger charge is 2.40. The molecular weight excluding hydrogens is 286 g/mol. The van der Waals surface area contributed by atoms with Gasteiger partial charge in [0.15, 0.2) is 0 Å². The molecule has 0 unspecified atom stereocenters. The fourth-order valence-corrected chi connectivity index (χ4v) is 5.83. The van der Waals surface area contributed by atoms with Gasteiger partial charge in [0.25, 0.3) is 0 Å². The van der Waals surface area contributed by atoms with Crippen LogP contribution in [0.15, 0.2) is 4.90 Å². The summed E-state index contributed by atoms with van der Waals surface area (Å²) in [5.74, 6) is 0. The molecule has 0 radical (unpaired) electrons. The Morgan fingerprint density at radius 2 is 1.67 bits per heavy atom. The van der Waals surface area contributed by atoms with Gasteiger partial charge in [-0.05, 0) is 44.9 Å². The summed E-state index contributed by atoms with van der Waals surface area (Å²) in [6.07, 6.45) is 8.57. The number of aromatic nitrogens is 2. The van der Waals surface area contributed by atoms with E-state index in [4.69, 9.17) is 0 Å². The van der Waals surface area contributed by atoms with Crippen molar-refractivity contribution in [2.24, 2.45) is 5.41 Å². The summed E-state index contributed by atoms with van der Waals surface area (Å²) in [5, 5.41) is 6.81. The largest absolute Gasteiger partial charge is 0.281 e. The van der Waals surface area contributed by atoms with Crippen LogP contribution in [0.1, 0.15) is 56.3 Å². The number of aromatic amines is 1. The topological polar surface area (TPSA) is 66.1 Å². The lowest BCUT2D eigenvalue weighted by Crippen LogP contribution is -2.44. The number of hydrogen-bond donors (Lipinski definition) is 1. The van der Waals surface area contributed by atoms with Crippen molar-refractivity contribution in [3.05, 3.63) is 11.4 Å². The molecule has 1 aliphatic heterocycles. The molecule has 0 atom stereocenters. The van der Waals surface area contributed by atoms with Crippen LogP contribution in [0.4, 0.5) is 0 Å². The lowest BCUT2D eigenvalue weighted by atomic mass is 9.68. The van der Waals surface area contributed by atoms with E-state index in [1.807, 2.05) is 0 Å². The minimum atomic E-state index is -3.40. The van der Waals surface area contributed by atoms with Gasteiger partial charge in [0.05, 0.1) is 11.4 Å². The maximum absolute atomic E-state index is 12.8. The Labute approximate surface area is 127 Å². The lowest BCUT2D eigenvalue weighted by Gasteiger charge is -2.43. The van der Waals surface area contributed by atoms with Gasteiger partial charge in [0, 0.05) is 13.1 Å². The van der Waals surface area contributed by atoms with Gasteiger partial charge >= 0.3 is 0 Å². The van der Waals surface area contributed by atoms with Crippen molar-refractivity contribution < 1.29 is 8.42 Å². The van der Waals surface area contributed by atoms with E-state index in [-0.39, 0.29) is 0 Å². The Morgan fingerprint density at radius 3 is 2.19 bits per heavy atom. The minimum Gasteiger partial charge on any atom is -0.281 e. The van der Waals surface area contributed by atoms with Gasteiger partial charge in [-0.2, -0.15) is 9.40 Å². The van der Waals surface area contributed by atoms with Crippen LogP contribution in [0.2, 0.25) is 0 Å². The summed E-state index contributed by atoms with van der Waals surface area (Å²) in [5.41, 5.74) is 1.64. The molecule has 1 aromatic heterocycles. The maximum atomic E-state index is 12.8. The van der Waals surface area contributed by atoms with Gasteiger partial charge in [-0.25, -0.2) is 8.42 Å². The first kappa shape index (κ1) is 15.0. The van der Waals surface area contributed by atoms with Crippen molar-refractivity contribution in [1.82, 2.24) is 14.5 Å². The summed E-state index contributed by atoms with van der Waals surface area (Å²) >= 11 is 0. The number of sulfonamides is 1. The van der Waals surface area contributed by atoms with Crippen LogP contribution in [0.5, 0.6) is 0 Å².